The summed E-state index contributed by atoms with van der Waals surface area (Å²) in [5, 5.41) is 3.47. The zero-order chi connectivity index (χ0) is 10.3. The summed E-state index contributed by atoms with van der Waals surface area (Å²) in [6.45, 7) is 11.3. The molecule has 0 aromatic heterocycles. The molecule has 0 saturated heterocycles. The molecular weight excluding hydrogens is 162 g/mol. The van der Waals surface area contributed by atoms with E-state index >= 15 is 0 Å². The van der Waals surface area contributed by atoms with Crippen molar-refractivity contribution in [2.45, 2.75) is 45.8 Å². The molecule has 1 N–H and O–H groups in total. The van der Waals surface area contributed by atoms with Crippen molar-refractivity contribution in [1.82, 2.24) is 5.32 Å². The fraction of sp³-hybridized carbons (Fsp3) is 0.818. The Kier molecular flexibility index (Phi) is 6.92. The Labute approximate surface area is 82.4 Å². The Morgan fingerprint density at radius 2 is 2.15 bits per heavy atom. The normalized spacial score (nSPS) is 15.4. The zero-order valence-corrected chi connectivity index (χ0v) is 9.39. The van der Waals surface area contributed by atoms with Gasteiger partial charge in [-0.05, 0) is 33.2 Å². The Morgan fingerprint density at radius 1 is 1.54 bits per heavy atom. The fourth-order valence-corrected chi connectivity index (χ4v) is 1.27. The highest BCUT2D eigenvalue weighted by Gasteiger charge is 2.15. The number of hydrogen-bond acceptors (Lipinski definition) is 2. The van der Waals surface area contributed by atoms with Gasteiger partial charge >= 0.3 is 0 Å². The second-order valence-corrected chi connectivity index (χ2v) is 3.66. The summed E-state index contributed by atoms with van der Waals surface area (Å²) in [5.74, 6) is 0. The van der Waals surface area contributed by atoms with Gasteiger partial charge in [0.15, 0.2) is 0 Å². The molecule has 0 bridgehead atoms. The van der Waals surface area contributed by atoms with E-state index in [2.05, 4.69) is 32.7 Å². The van der Waals surface area contributed by atoms with E-state index in [-0.39, 0.29) is 6.10 Å². The topological polar surface area (TPSA) is 21.3 Å². The molecule has 0 radical (unpaired) electrons. The second kappa shape index (κ2) is 7.10. The van der Waals surface area contributed by atoms with Crippen molar-refractivity contribution in [3.05, 3.63) is 12.2 Å². The first-order chi connectivity index (χ1) is 6.11. The van der Waals surface area contributed by atoms with E-state index in [4.69, 9.17) is 4.74 Å². The van der Waals surface area contributed by atoms with Crippen molar-refractivity contribution >= 4 is 0 Å². The zero-order valence-electron chi connectivity index (χ0n) is 9.39. The number of rotatable bonds is 7. The van der Waals surface area contributed by atoms with Crippen LogP contribution in [-0.2, 0) is 4.74 Å². The van der Waals surface area contributed by atoms with Crippen molar-refractivity contribution in [1.29, 1.82) is 0 Å². The molecule has 78 valence electrons. The summed E-state index contributed by atoms with van der Waals surface area (Å²) >= 11 is 0. The predicted octanol–water partition coefficient (Wildman–Crippen LogP) is 2.36. The lowest BCUT2D eigenvalue weighted by Crippen LogP contribution is -2.39. The minimum atomic E-state index is 0.253. The van der Waals surface area contributed by atoms with E-state index in [1.807, 2.05) is 0 Å². The Morgan fingerprint density at radius 3 is 2.54 bits per heavy atom. The summed E-state index contributed by atoms with van der Waals surface area (Å²) in [6.07, 6.45) is 2.40. The summed E-state index contributed by atoms with van der Waals surface area (Å²) in [5.41, 5.74) is 1.21. The number of ether oxygens (including phenoxy) is 1. The van der Waals surface area contributed by atoms with Crippen molar-refractivity contribution < 1.29 is 4.74 Å². The summed E-state index contributed by atoms with van der Waals surface area (Å²) < 4.78 is 5.31. The van der Waals surface area contributed by atoms with Gasteiger partial charge in [0.1, 0.15) is 0 Å². The van der Waals surface area contributed by atoms with Gasteiger partial charge in [0.05, 0.1) is 6.10 Å². The van der Waals surface area contributed by atoms with E-state index in [9.17, 15) is 0 Å². The largest absolute Gasteiger partial charge is 0.380 e. The number of nitrogens with one attached hydrogen (secondary N) is 1. The monoisotopic (exact) mass is 185 g/mol. The average Bonchev–Trinajstić information content (AvgIpc) is 2.10. The molecule has 13 heavy (non-hydrogen) atoms. The van der Waals surface area contributed by atoms with Crippen molar-refractivity contribution in [2.75, 3.05) is 13.7 Å². The third-order valence-electron chi connectivity index (χ3n) is 2.16. The lowest BCUT2D eigenvalue weighted by atomic mass is 10.0. The standard InChI is InChI=1S/C11H23NO/c1-6-7-12-11(8-9(2)3)10(4)13-5/h10-12H,2,6-8H2,1,3-5H3. The van der Waals surface area contributed by atoms with Gasteiger partial charge in [-0.1, -0.05) is 12.5 Å². The summed E-state index contributed by atoms with van der Waals surface area (Å²) in [7, 11) is 1.75. The highest BCUT2D eigenvalue weighted by Crippen LogP contribution is 2.08. The molecule has 0 saturated carbocycles. The van der Waals surface area contributed by atoms with Crippen LogP contribution in [-0.4, -0.2) is 25.8 Å². The molecule has 0 aliphatic carbocycles. The van der Waals surface area contributed by atoms with Gasteiger partial charge in [-0.3, -0.25) is 0 Å². The van der Waals surface area contributed by atoms with Crippen LogP contribution in [0.3, 0.4) is 0 Å². The van der Waals surface area contributed by atoms with Crippen LogP contribution in [0.4, 0.5) is 0 Å². The maximum absolute atomic E-state index is 5.31. The molecule has 0 aromatic carbocycles. The number of methoxy groups -OCH3 is 1. The Bertz CT molecular complexity index is 145. The Hall–Kier alpha value is -0.340. The maximum Gasteiger partial charge on any atom is 0.0699 e. The van der Waals surface area contributed by atoms with Crippen LogP contribution < -0.4 is 5.32 Å². The molecule has 0 rings (SSSR count). The van der Waals surface area contributed by atoms with Gasteiger partial charge in [0.2, 0.25) is 0 Å². The molecule has 2 heteroatoms. The van der Waals surface area contributed by atoms with Crippen LogP contribution in [0, 0.1) is 0 Å². The highest BCUT2D eigenvalue weighted by molar-refractivity contribution is 4.94. The van der Waals surface area contributed by atoms with Crippen molar-refractivity contribution in [2.24, 2.45) is 0 Å². The molecular formula is C11H23NO. The van der Waals surface area contributed by atoms with Gasteiger partial charge < -0.3 is 10.1 Å². The molecule has 0 fully saturated rings. The van der Waals surface area contributed by atoms with E-state index in [0.29, 0.717) is 6.04 Å². The molecule has 0 aromatic rings. The SMILES string of the molecule is C=C(C)CC(NCCC)C(C)OC. The van der Waals surface area contributed by atoms with E-state index in [1.165, 1.54) is 5.57 Å². The lowest BCUT2D eigenvalue weighted by Gasteiger charge is -2.24. The second-order valence-electron chi connectivity index (χ2n) is 3.66. The smallest absolute Gasteiger partial charge is 0.0699 e. The minimum absolute atomic E-state index is 0.253. The maximum atomic E-state index is 5.31. The molecule has 2 atom stereocenters. The summed E-state index contributed by atoms with van der Waals surface area (Å²) in [4.78, 5) is 0. The van der Waals surface area contributed by atoms with Crippen LogP contribution in [0.5, 0.6) is 0 Å². The van der Waals surface area contributed by atoms with Gasteiger partial charge in [-0.2, -0.15) is 0 Å². The van der Waals surface area contributed by atoms with Gasteiger partial charge in [-0.25, -0.2) is 0 Å². The number of hydrogen-bond donors (Lipinski definition) is 1. The molecule has 0 spiro atoms. The van der Waals surface area contributed by atoms with Crippen LogP contribution in [0.15, 0.2) is 12.2 Å². The first kappa shape index (κ1) is 12.7. The molecule has 2 unspecified atom stereocenters. The minimum Gasteiger partial charge on any atom is -0.380 e. The first-order valence-electron chi connectivity index (χ1n) is 5.02. The van der Waals surface area contributed by atoms with E-state index < -0.39 is 0 Å². The summed E-state index contributed by atoms with van der Waals surface area (Å²) in [6, 6.07) is 0.405. The molecule has 0 aliphatic rings. The third kappa shape index (κ3) is 5.83. The third-order valence-corrected chi connectivity index (χ3v) is 2.16. The fourth-order valence-electron chi connectivity index (χ4n) is 1.27. The average molecular weight is 185 g/mol. The van der Waals surface area contributed by atoms with Crippen molar-refractivity contribution in [3.8, 4) is 0 Å². The van der Waals surface area contributed by atoms with E-state index in [0.717, 1.165) is 19.4 Å². The van der Waals surface area contributed by atoms with Crippen LogP contribution >= 0.6 is 0 Å². The van der Waals surface area contributed by atoms with Crippen LogP contribution in [0.2, 0.25) is 0 Å². The first-order valence-corrected chi connectivity index (χ1v) is 5.02. The quantitative estimate of drug-likeness (QED) is 0.615. The molecule has 0 amide bonds. The lowest BCUT2D eigenvalue weighted by molar-refractivity contribution is 0.0831. The predicted molar refractivity (Wildman–Crippen MR) is 58.0 cm³/mol. The van der Waals surface area contributed by atoms with Gasteiger partial charge in [0, 0.05) is 13.2 Å². The van der Waals surface area contributed by atoms with Crippen LogP contribution in [0.25, 0.3) is 0 Å². The van der Waals surface area contributed by atoms with Gasteiger partial charge in [0.25, 0.3) is 0 Å². The van der Waals surface area contributed by atoms with Crippen molar-refractivity contribution in [3.63, 3.8) is 0 Å². The van der Waals surface area contributed by atoms with E-state index in [1.54, 1.807) is 7.11 Å². The van der Waals surface area contributed by atoms with Gasteiger partial charge in [-0.15, -0.1) is 6.58 Å². The molecule has 0 heterocycles. The molecule has 0 aliphatic heterocycles. The highest BCUT2D eigenvalue weighted by atomic mass is 16.5. The Balaban J connectivity index is 3.94. The van der Waals surface area contributed by atoms with Crippen LogP contribution in [0.1, 0.15) is 33.6 Å². The molecule has 2 nitrogen and oxygen atoms in total.